The number of hydrogen-bond acceptors (Lipinski definition) is 6. The molecule has 0 amide bonds. The van der Waals surface area contributed by atoms with Gasteiger partial charge in [0.2, 0.25) is 10.0 Å². The van der Waals surface area contributed by atoms with E-state index >= 15 is 0 Å². The summed E-state index contributed by atoms with van der Waals surface area (Å²) in [6.07, 6.45) is 1.75. The van der Waals surface area contributed by atoms with Gasteiger partial charge in [-0.3, -0.25) is 4.98 Å². The SMILES string of the molecule is Cc1cc(-c2csc(Nc3ccc(S(N)(=O)=O)cc3)n2)ccn1. The van der Waals surface area contributed by atoms with Crippen molar-refractivity contribution in [2.45, 2.75) is 11.8 Å². The third-order valence-electron chi connectivity index (χ3n) is 3.13. The molecule has 1 aromatic carbocycles. The predicted molar refractivity (Wildman–Crippen MR) is 91.2 cm³/mol. The number of thiazole rings is 1. The summed E-state index contributed by atoms with van der Waals surface area (Å²) in [4.78, 5) is 8.77. The average Bonchev–Trinajstić information content (AvgIpc) is 2.95. The lowest BCUT2D eigenvalue weighted by Crippen LogP contribution is -2.11. The fourth-order valence-electron chi connectivity index (χ4n) is 2.02. The molecule has 2 heterocycles. The molecule has 0 aliphatic carbocycles. The van der Waals surface area contributed by atoms with E-state index < -0.39 is 10.0 Å². The Balaban J connectivity index is 1.79. The van der Waals surface area contributed by atoms with E-state index in [1.165, 1.54) is 23.5 Å². The van der Waals surface area contributed by atoms with Crippen molar-refractivity contribution < 1.29 is 8.42 Å². The quantitative estimate of drug-likeness (QED) is 0.757. The molecular formula is C15H14N4O2S2. The van der Waals surface area contributed by atoms with Crippen molar-refractivity contribution in [3.8, 4) is 11.3 Å². The minimum Gasteiger partial charge on any atom is -0.332 e. The van der Waals surface area contributed by atoms with Gasteiger partial charge in [0.1, 0.15) is 0 Å². The van der Waals surface area contributed by atoms with E-state index in [1.807, 2.05) is 24.4 Å². The Hall–Kier alpha value is -2.29. The second kappa shape index (κ2) is 6.07. The van der Waals surface area contributed by atoms with Crippen molar-refractivity contribution in [3.63, 3.8) is 0 Å². The number of aryl methyl sites for hydroxylation is 1. The Labute approximate surface area is 138 Å². The molecule has 2 aromatic heterocycles. The van der Waals surface area contributed by atoms with Gasteiger partial charge >= 0.3 is 0 Å². The van der Waals surface area contributed by atoms with Crippen molar-refractivity contribution in [1.82, 2.24) is 9.97 Å². The number of rotatable bonds is 4. The summed E-state index contributed by atoms with van der Waals surface area (Å²) >= 11 is 1.47. The van der Waals surface area contributed by atoms with Crippen molar-refractivity contribution in [1.29, 1.82) is 0 Å². The van der Waals surface area contributed by atoms with E-state index in [0.717, 1.165) is 27.8 Å². The topological polar surface area (TPSA) is 98.0 Å². The Morgan fingerprint density at radius 1 is 1.17 bits per heavy atom. The fourth-order valence-corrected chi connectivity index (χ4v) is 3.28. The zero-order valence-electron chi connectivity index (χ0n) is 12.2. The lowest BCUT2D eigenvalue weighted by Gasteiger charge is -2.03. The molecule has 6 nitrogen and oxygen atoms in total. The van der Waals surface area contributed by atoms with E-state index in [1.54, 1.807) is 18.3 Å². The third kappa shape index (κ3) is 3.73. The largest absolute Gasteiger partial charge is 0.332 e. The number of aromatic nitrogens is 2. The number of anilines is 2. The van der Waals surface area contributed by atoms with Crippen molar-refractivity contribution in [3.05, 3.63) is 53.7 Å². The molecule has 0 fully saturated rings. The summed E-state index contributed by atoms with van der Waals surface area (Å²) in [6.45, 7) is 1.93. The van der Waals surface area contributed by atoms with Gasteiger partial charge in [0.05, 0.1) is 10.6 Å². The van der Waals surface area contributed by atoms with E-state index in [9.17, 15) is 8.42 Å². The third-order valence-corrected chi connectivity index (χ3v) is 4.82. The van der Waals surface area contributed by atoms with Gasteiger partial charge in [-0.2, -0.15) is 0 Å². The van der Waals surface area contributed by atoms with Crippen molar-refractivity contribution >= 4 is 32.2 Å². The van der Waals surface area contributed by atoms with Gasteiger partial charge in [-0.25, -0.2) is 18.5 Å². The molecule has 0 aliphatic rings. The first kappa shape index (κ1) is 15.6. The van der Waals surface area contributed by atoms with Gasteiger partial charge in [0.15, 0.2) is 5.13 Å². The van der Waals surface area contributed by atoms with Gasteiger partial charge in [0.25, 0.3) is 0 Å². The Kier molecular flexibility index (Phi) is 4.12. The highest BCUT2D eigenvalue weighted by Gasteiger charge is 2.08. The van der Waals surface area contributed by atoms with Gasteiger partial charge in [-0.15, -0.1) is 11.3 Å². The van der Waals surface area contributed by atoms with Crippen LogP contribution in [0.15, 0.2) is 52.9 Å². The minimum absolute atomic E-state index is 0.0788. The van der Waals surface area contributed by atoms with Gasteiger partial charge < -0.3 is 5.32 Å². The molecule has 118 valence electrons. The van der Waals surface area contributed by atoms with Gasteiger partial charge in [0, 0.05) is 28.5 Å². The minimum atomic E-state index is -3.68. The first-order valence-electron chi connectivity index (χ1n) is 6.70. The maximum Gasteiger partial charge on any atom is 0.238 e. The van der Waals surface area contributed by atoms with Crippen LogP contribution in [0.1, 0.15) is 5.69 Å². The second-order valence-corrected chi connectivity index (χ2v) is 7.34. The molecule has 0 atom stereocenters. The molecule has 3 rings (SSSR count). The zero-order valence-corrected chi connectivity index (χ0v) is 13.9. The van der Waals surface area contributed by atoms with Crippen LogP contribution < -0.4 is 10.5 Å². The van der Waals surface area contributed by atoms with Crippen LogP contribution in [0.25, 0.3) is 11.3 Å². The number of primary sulfonamides is 1. The molecule has 3 N–H and O–H groups in total. The van der Waals surface area contributed by atoms with Crippen LogP contribution in [0.3, 0.4) is 0 Å². The van der Waals surface area contributed by atoms with Gasteiger partial charge in [-0.1, -0.05) is 0 Å². The molecule has 0 bridgehead atoms. The lowest BCUT2D eigenvalue weighted by atomic mass is 10.2. The highest BCUT2D eigenvalue weighted by molar-refractivity contribution is 7.89. The number of nitrogens with zero attached hydrogens (tertiary/aromatic N) is 2. The van der Waals surface area contributed by atoms with E-state index in [-0.39, 0.29) is 4.90 Å². The number of hydrogen-bond donors (Lipinski definition) is 2. The fraction of sp³-hybridized carbons (Fsp3) is 0.0667. The van der Waals surface area contributed by atoms with Crippen LogP contribution in [0.4, 0.5) is 10.8 Å². The summed E-state index contributed by atoms with van der Waals surface area (Å²) in [6, 6.07) is 10.1. The van der Waals surface area contributed by atoms with Crippen molar-refractivity contribution in [2.24, 2.45) is 5.14 Å². The molecule has 0 radical (unpaired) electrons. The maximum absolute atomic E-state index is 11.2. The van der Waals surface area contributed by atoms with Crippen molar-refractivity contribution in [2.75, 3.05) is 5.32 Å². The standard InChI is InChI=1S/C15H14N4O2S2/c1-10-8-11(6-7-17-10)14-9-22-15(19-14)18-12-2-4-13(5-3-12)23(16,20)21/h2-9H,1H3,(H,18,19)(H2,16,20,21). The Morgan fingerprint density at radius 2 is 1.91 bits per heavy atom. The molecule has 8 heteroatoms. The van der Waals surface area contributed by atoms with E-state index in [2.05, 4.69) is 15.3 Å². The highest BCUT2D eigenvalue weighted by Crippen LogP contribution is 2.27. The highest BCUT2D eigenvalue weighted by atomic mass is 32.2. The Morgan fingerprint density at radius 3 is 2.57 bits per heavy atom. The number of sulfonamides is 1. The van der Waals surface area contributed by atoms with Crippen LogP contribution in [0, 0.1) is 6.92 Å². The van der Waals surface area contributed by atoms with Crippen LogP contribution in [0.5, 0.6) is 0 Å². The van der Waals surface area contributed by atoms with Crippen LogP contribution in [-0.2, 0) is 10.0 Å². The number of nitrogens with one attached hydrogen (secondary N) is 1. The molecule has 0 spiro atoms. The molecule has 3 aromatic rings. The van der Waals surface area contributed by atoms with E-state index in [4.69, 9.17) is 5.14 Å². The van der Waals surface area contributed by atoms with Crippen LogP contribution in [-0.4, -0.2) is 18.4 Å². The number of benzene rings is 1. The summed E-state index contributed by atoms with van der Waals surface area (Å²) < 4.78 is 22.5. The summed E-state index contributed by atoms with van der Waals surface area (Å²) in [7, 11) is -3.68. The maximum atomic E-state index is 11.2. The van der Waals surface area contributed by atoms with Crippen LogP contribution >= 0.6 is 11.3 Å². The molecule has 0 saturated carbocycles. The first-order chi connectivity index (χ1) is 10.9. The summed E-state index contributed by atoms with van der Waals surface area (Å²) in [5.74, 6) is 0. The zero-order chi connectivity index (χ0) is 16.4. The molecule has 23 heavy (non-hydrogen) atoms. The lowest BCUT2D eigenvalue weighted by molar-refractivity contribution is 0.598. The monoisotopic (exact) mass is 346 g/mol. The van der Waals surface area contributed by atoms with Crippen LogP contribution in [0.2, 0.25) is 0 Å². The van der Waals surface area contributed by atoms with Gasteiger partial charge in [-0.05, 0) is 43.3 Å². The molecule has 0 saturated heterocycles. The first-order valence-corrected chi connectivity index (χ1v) is 9.13. The normalized spacial score (nSPS) is 11.4. The molecule has 0 unspecified atom stereocenters. The summed E-state index contributed by atoms with van der Waals surface area (Å²) in [5.41, 5.74) is 3.54. The summed E-state index contributed by atoms with van der Waals surface area (Å²) in [5, 5.41) is 10.9. The predicted octanol–water partition coefficient (Wildman–Crippen LogP) is 2.90. The molecule has 0 aliphatic heterocycles. The number of nitrogens with two attached hydrogens (primary N) is 1. The average molecular weight is 346 g/mol. The van der Waals surface area contributed by atoms with E-state index in [0.29, 0.717) is 0 Å². The smallest absolute Gasteiger partial charge is 0.238 e. The second-order valence-electron chi connectivity index (χ2n) is 4.92. The Bertz CT molecular complexity index is 934. The molecular weight excluding hydrogens is 332 g/mol. The number of pyridine rings is 1.